The summed E-state index contributed by atoms with van der Waals surface area (Å²) in [6, 6.07) is 7.19. The van der Waals surface area contributed by atoms with E-state index in [0.29, 0.717) is 22.3 Å². The van der Waals surface area contributed by atoms with Gasteiger partial charge in [-0.2, -0.15) is 0 Å². The summed E-state index contributed by atoms with van der Waals surface area (Å²) in [6.45, 7) is -0.00124. The van der Waals surface area contributed by atoms with Gasteiger partial charge in [-0.15, -0.1) is 5.10 Å². The van der Waals surface area contributed by atoms with E-state index in [4.69, 9.17) is 8.83 Å². The molecule has 4 heterocycles. The second-order valence-electron chi connectivity index (χ2n) is 4.71. The summed E-state index contributed by atoms with van der Waals surface area (Å²) in [5, 5.41) is 13.8. The number of carbonyl (C=O) groups excluding carboxylic acids is 1. The van der Waals surface area contributed by atoms with Crippen molar-refractivity contribution in [2.75, 3.05) is 5.32 Å². The average molecular weight is 342 g/mol. The highest BCUT2D eigenvalue weighted by Crippen LogP contribution is 2.39. The predicted octanol–water partition coefficient (Wildman–Crippen LogP) is 2.29. The fourth-order valence-corrected chi connectivity index (χ4v) is 3.04. The fourth-order valence-electron chi connectivity index (χ4n) is 2.09. The number of tetrazole rings is 1. The molecule has 10 heteroatoms. The fraction of sp³-hybridized carbons (Fsp3) is 0.0714. The number of amides is 1. The van der Waals surface area contributed by atoms with Crippen LogP contribution in [0.15, 0.2) is 52.0 Å². The Bertz CT molecular complexity index is 876. The number of nitrogens with one attached hydrogen (secondary N) is 1. The van der Waals surface area contributed by atoms with Crippen molar-refractivity contribution in [3.63, 3.8) is 0 Å². The summed E-state index contributed by atoms with van der Waals surface area (Å²) in [6.07, 6.45) is 4.51. The van der Waals surface area contributed by atoms with Crippen molar-refractivity contribution in [2.45, 2.75) is 6.54 Å². The molecule has 120 valence electrons. The van der Waals surface area contributed by atoms with Crippen LogP contribution in [-0.4, -0.2) is 31.1 Å². The Labute approximate surface area is 138 Å². The summed E-state index contributed by atoms with van der Waals surface area (Å²) >= 11 is 1.30. The molecule has 0 atom stereocenters. The van der Waals surface area contributed by atoms with Crippen LogP contribution >= 0.6 is 11.3 Å². The zero-order valence-corrected chi connectivity index (χ0v) is 12.9. The van der Waals surface area contributed by atoms with Gasteiger partial charge in [0.1, 0.15) is 29.2 Å². The SMILES string of the molecule is O=C(Cn1cnnn1)Nc1nc(-c2ccco2)c(-c2ccco2)s1. The summed E-state index contributed by atoms with van der Waals surface area (Å²) in [5.74, 6) is 0.964. The molecule has 0 saturated heterocycles. The van der Waals surface area contributed by atoms with Crippen molar-refractivity contribution in [3.8, 4) is 22.1 Å². The molecule has 24 heavy (non-hydrogen) atoms. The minimum absolute atomic E-state index is 0.00124. The highest BCUT2D eigenvalue weighted by atomic mass is 32.1. The van der Waals surface area contributed by atoms with Crippen molar-refractivity contribution in [1.82, 2.24) is 25.2 Å². The standard InChI is InChI=1S/C14H10N6O3S/c21-11(7-20-8-15-18-19-20)16-14-17-12(9-3-1-5-22-9)13(24-14)10-4-2-6-23-10/h1-6,8H,7H2,(H,16,17,21). The Hall–Kier alpha value is -3.27. The van der Waals surface area contributed by atoms with Crippen LogP contribution in [0.1, 0.15) is 0 Å². The van der Waals surface area contributed by atoms with E-state index in [9.17, 15) is 4.79 Å². The lowest BCUT2D eigenvalue weighted by atomic mass is 10.2. The summed E-state index contributed by atoms with van der Waals surface area (Å²) in [4.78, 5) is 17.3. The van der Waals surface area contributed by atoms with E-state index in [2.05, 4.69) is 25.8 Å². The van der Waals surface area contributed by atoms with Crippen LogP contribution in [0.2, 0.25) is 0 Å². The number of anilines is 1. The molecule has 0 spiro atoms. The summed E-state index contributed by atoms with van der Waals surface area (Å²) in [7, 11) is 0. The summed E-state index contributed by atoms with van der Waals surface area (Å²) in [5.41, 5.74) is 0.609. The number of rotatable bonds is 5. The maximum Gasteiger partial charge on any atom is 0.248 e. The van der Waals surface area contributed by atoms with E-state index < -0.39 is 0 Å². The van der Waals surface area contributed by atoms with E-state index in [1.165, 1.54) is 22.3 Å². The Morgan fingerprint density at radius 1 is 1.21 bits per heavy atom. The Morgan fingerprint density at radius 2 is 2.00 bits per heavy atom. The smallest absolute Gasteiger partial charge is 0.248 e. The first-order valence-electron chi connectivity index (χ1n) is 6.89. The first-order chi connectivity index (χ1) is 11.8. The first kappa shape index (κ1) is 14.3. The third-order valence-corrected chi connectivity index (χ3v) is 4.06. The lowest BCUT2D eigenvalue weighted by Crippen LogP contribution is -2.19. The van der Waals surface area contributed by atoms with Crippen LogP contribution in [0.4, 0.5) is 5.13 Å². The van der Waals surface area contributed by atoms with E-state index in [-0.39, 0.29) is 12.5 Å². The van der Waals surface area contributed by atoms with Gasteiger partial charge in [0.15, 0.2) is 10.9 Å². The molecule has 1 amide bonds. The molecule has 0 bridgehead atoms. The van der Waals surface area contributed by atoms with Crippen LogP contribution in [0, 0.1) is 0 Å². The van der Waals surface area contributed by atoms with Crippen molar-refractivity contribution in [3.05, 3.63) is 43.1 Å². The molecule has 0 aliphatic carbocycles. The largest absolute Gasteiger partial charge is 0.463 e. The normalized spacial score (nSPS) is 10.8. The van der Waals surface area contributed by atoms with Crippen LogP contribution < -0.4 is 5.32 Å². The maximum atomic E-state index is 12.1. The van der Waals surface area contributed by atoms with Crippen molar-refractivity contribution in [1.29, 1.82) is 0 Å². The van der Waals surface area contributed by atoms with E-state index >= 15 is 0 Å². The van der Waals surface area contributed by atoms with E-state index in [1.807, 2.05) is 6.07 Å². The minimum Gasteiger partial charge on any atom is -0.463 e. The maximum absolute atomic E-state index is 12.1. The molecular formula is C14H10N6O3S. The van der Waals surface area contributed by atoms with Gasteiger partial charge in [-0.1, -0.05) is 11.3 Å². The molecule has 0 aromatic carbocycles. The first-order valence-corrected chi connectivity index (χ1v) is 7.70. The van der Waals surface area contributed by atoms with E-state index in [1.54, 1.807) is 30.7 Å². The summed E-state index contributed by atoms with van der Waals surface area (Å²) < 4.78 is 12.2. The number of thiazole rings is 1. The quantitative estimate of drug-likeness (QED) is 0.592. The number of furan rings is 2. The third-order valence-electron chi connectivity index (χ3n) is 3.07. The number of nitrogens with zero attached hydrogens (tertiary/aromatic N) is 5. The molecule has 0 aliphatic rings. The Kier molecular flexibility index (Phi) is 3.63. The highest BCUT2D eigenvalue weighted by Gasteiger charge is 2.20. The van der Waals surface area contributed by atoms with Crippen LogP contribution in [0.5, 0.6) is 0 Å². The molecule has 4 aromatic rings. The van der Waals surface area contributed by atoms with Crippen LogP contribution in [0.3, 0.4) is 0 Å². The Balaban J connectivity index is 1.62. The van der Waals surface area contributed by atoms with Crippen molar-refractivity contribution >= 4 is 22.4 Å². The molecular weight excluding hydrogens is 332 g/mol. The molecule has 0 unspecified atom stereocenters. The minimum atomic E-state index is -0.284. The van der Waals surface area contributed by atoms with Crippen molar-refractivity contribution in [2.24, 2.45) is 0 Å². The monoisotopic (exact) mass is 342 g/mol. The van der Waals surface area contributed by atoms with Gasteiger partial charge in [-0.3, -0.25) is 4.79 Å². The number of hydrogen-bond donors (Lipinski definition) is 1. The van der Waals surface area contributed by atoms with Gasteiger partial charge in [-0.25, -0.2) is 9.67 Å². The van der Waals surface area contributed by atoms with Gasteiger partial charge in [0.2, 0.25) is 5.91 Å². The zero-order valence-electron chi connectivity index (χ0n) is 12.1. The van der Waals surface area contributed by atoms with Gasteiger partial charge >= 0.3 is 0 Å². The van der Waals surface area contributed by atoms with Crippen molar-refractivity contribution < 1.29 is 13.6 Å². The third kappa shape index (κ3) is 2.82. The molecule has 4 aromatic heterocycles. The van der Waals surface area contributed by atoms with Crippen LogP contribution in [-0.2, 0) is 11.3 Å². The molecule has 0 saturated carbocycles. The predicted molar refractivity (Wildman–Crippen MR) is 84.0 cm³/mol. The molecule has 0 radical (unpaired) electrons. The second-order valence-corrected chi connectivity index (χ2v) is 5.71. The number of aromatic nitrogens is 5. The topological polar surface area (TPSA) is 112 Å². The molecule has 4 rings (SSSR count). The van der Waals surface area contributed by atoms with Gasteiger partial charge in [0.05, 0.1) is 12.5 Å². The average Bonchev–Trinajstić information content (AvgIpc) is 3.35. The van der Waals surface area contributed by atoms with Crippen LogP contribution in [0.25, 0.3) is 22.1 Å². The van der Waals surface area contributed by atoms with Gasteiger partial charge in [0, 0.05) is 0 Å². The molecule has 0 aliphatic heterocycles. The molecule has 0 fully saturated rings. The van der Waals surface area contributed by atoms with Gasteiger partial charge in [-0.05, 0) is 34.7 Å². The van der Waals surface area contributed by atoms with Gasteiger partial charge < -0.3 is 14.2 Å². The zero-order chi connectivity index (χ0) is 16.4. The van der Waals surface area contributed by atoms with Gasteiger partial charge in [0.25, 0.3) is 0 Å². The Morgan fingerprint density at radius 3 is 2.67 bits per heavy atom. The lowest BCUT2D eigenvalue weighted by Gasteiger charge is -1.99. The lowest BCUT2D eigenvalue weighted by molar-refractivity contribution is -0.116. The number of carbonyl (C=O) groups is 1. The molecule has 1 N–H and O–H groups in total. The number of hydrogen-bond acceptors (Lipinski definition) is 8. The second kappa shape index (κ2) is 6.08. The highest BCUT2D eigenvalue weighted by molar-refractivity contribution is 7.19. The van der Waals surface area contributed by atoms with E-state index in [0.717, 1.165) is 4.88 Å². The molecule has 9 nitrogen and oxygen atoms in total.